The number of rotatable bonds is 7. The van der Waals surface area contributed by atoms with Crippen molar-refractivity contribution >= 4 is 35.8 Å². The van der Waals surface area contributed by atoms with Crippen LogP contribution in [0.2, 0.25) is 0 Å². The first kappa shape index (κ1) is 25.9. The maximum atomic E-state index is 12.6. The van der Waals surface area contributed by atoms with Gasteiger partial charge in [0, 0.05) is 50.9 Å². The van der Waals surface area contributed by atoms with Gasteiger partial charge in [0.25, 0.3) is 5.91 Å². The molecule has 2 fully saturated rings. The number of guanidine groups is 1. The monoisotopic (exact) mass is 543 g/mol. The first-order valence-corrected chi connectivity index (χ1v) is 11.4. The normalized spacial score (nSPS) is 18.8. The van der Waals surface area contributed by atoms with Gasteiger partial charge in [-0.15, -0.1) is 24.0 Å². The van der Waals surface area contributed by atoms with Crippen LogP contribution in [0.25, 0.3) is 0 Å². The summed E-state index contributed by atoms with van der Waals surface area (Å²) < 4.78 is 5.44. The lowest BCUT2D eigenvalue weighted by Gasteiger charge is -2.32. The molecule has 0 bridgehead atoms. The maximum absolute atomic E-state index is 12.6. The van der Waals surface area contributed by atoms with Gasteiger partial charge in [0.05, 0.1) is 19.8 Å². The van der Waals surface area contributed by atoms with Crippen molar-refractivity contribution in [3.8, 4) is 0 Å². The van der Waals surface area contributed by atoms with Crippen molar-refractivity contribution in [2.75, 3.05) is 52.5 Å². The third-order valence-electron chi connectivity index (χ3n) is 5.84. The van der Waals surface area contributed by atoms with Crippen LogP contribution < -0.4 is 10.6 Å². The molecule has 174 valence electrons. The zero-order valence-electron chi connectivity index (χ0n) is 18.9. The Bertz CT molecular complexity index is 686. The van der Waals surface area contributed by atoms with Gasteiger partial charge in [0.1, 0.15) is 0 Å². The Morgan fingerprint density at radius 3 is 2.39 bits per heavy atom. The van der Waals surface area contributed by atoms with Crippen LogP contribution in [0.4, 0.5) is 0 Å². The second-order valence-electron chi connectivity index (χ2n) is 8.12. The first-order chi connectivity index (χ1) is 14.7. The number of hydrogen-bond acceptors (Lipinski definition) is 4. The predicted octanol–water partition coefficient (Wildman–Crippen LogP) is 2.71. The molecule has 2 aliphatic heterocycles. The van der Waals surface area contributed by atoms with Gasteiger partial charge in [0.2, 0.25) is 0 Å². The summed E-state index contributed by atoms with van der Waals surface area (Å²) in [7, 11) is 0. The number of aliphatic imine (C=N–C) groups is 1. The van der Waals surface area contributed by atoms with E-state index < -0.39 is 0 Å². The Morgan fingerprint density at radius 2 is 1.74 bits per heavy atom. The quantitative estimate of drug-likeness (QED) is 0.315. The van der Waals surface area contributed by atoms with E-state index in [9.17, 15) is 4.79 Å². The number of carbonyl (C=O) groups is 1. The lowest BCUT2D eigenvalue weighted by atomic mass is 10.1. The summed E-state index contributed by atoms with van der Waals surface area (Å²) in [6.45, 7) is 11.9. The molecule has 1 atom stereocenters. The summed E-state index contributed by atoms with van der Waals surface area (Å²) in [6, 6.07) is 8.32. The summed E-state index contributed by atoms with van der Waals surface area (Å²) in [4.78, 5) is 21.7. The standard InChI is InChI=1S/C23H37N5O2.HI/c1-3-24-23(25-17-19(2)27-13-15-30-16-14-27)26-18-20-7-9-21(10-8-20)22(29)28-11-5-4-6-12-28;/h7-10,19H,3-6,11-18H2,1-2H3,(H2,24,25,26);1H. The van der Waals surface area contributed by atoms with Crippen molar-refractivity contribution < 1.29 is 9.53 Å². The smallest absolute Gasteiger partial charge is 0.253 e. The van der Waals surface area contributed by atoms with E-state index in [1.165, 1.54) is 6.42 Å². The molecule has 2 heterocycles. The number of halogens is 1. The van der Waals surface area contributed by atoms with Gasteiger partial charge < -0.3 is 20.3 Å². The maximum Gasteiger partial charge on any atom is 0.253 e. The Morgan fingerprint density at radius 1 is 1.06 bits per heavy atom. The second kappa shape index (κ2) is 13.9. The van der Waals surface area contributed by atoms with Crippen molar-refractivity contribution in [2.24, 2.45) is 4.99 Å². The Balaban J connectivity index is 0.00000341. The van der Waals surface area contributed by atoms with E-state index in [0.717, 1.165) is 82.4 Å². The average Bonchev–Trinajstić information content (AvgIpc) is 2.81. The van der Waals surface area contributed by atoms with Crippen LogP contribution in [-0.4, -0.2) is 80.2 Å². The molecular formula is C23H38IN5O2. The van der Waals surface area contributed by atoms with Gasteiger partial charge in [-0.05, 0) is 50.8 Å². The average molecular weight is 543 g/mol. The summed E-state index contributed by atoms with van der Waals surface area (Å²) in [6.07, 6.45) is 3.46. The summed E-state index contributed by atoms with van der Waals surface area (Å²) in [5.74, 6) is 0.975. The number of amides is 1. The van der Waals surface area contributed by atoms with Gasteiger partial charge in [-0.3, -0.25) is 9.69 Å². The SMILES string of the molecule is CCNC(=NCc1ccc(C(=O)N2CCCCC2)cc1)NCC(C)N1CCOCC1.I. The van der Waals surface area contributed by atoms with Crippen molar-refractivity contribution in [1.82, 2.24) is 20.4 Å². The number of carbonyl (C=O) groups excluding carboxylic acids is 1. The van der Waals surface area contributed by atoms with Gasteiger partial charge in [-0.1, -0.05) is 12.1 Å². The first-order valence-electron chi connectivity index (χ1n) is 11.4. The summed E-state index contributed by atoms with van der Waals surface area (Å²) >= 11 is 0. The van der Waals surface area contributed by atoms with E-state index in [2.05, 4.69) is 29.4 Å². The van der Waals surface area contributed by atoms with E-state index in [1.54, 1.807) is 0 Å². The van der Waals surface area contributed by atoms with Gasteiger partial charge in [-0.25, -0.2) is 4.99 Å². The highest BCUT2D eigenvalue weighted by Gasteiger charge is 2.18. The Kier molecular flexibility index (Phi) is 11.6. The fraction of sp³-hybridized carbons (Fsp3) is 0.652. The molecular weight excluding hydrogens is 505 g/mol. The van der Waals surface area contributed by atoms with E-state index in [-0.39, 0.29) is 29.9 Å². The number of benzene rings is 1. The topological polar surface area (TPSA) is 69.2 Å². The molecule has 0 aromatic heterocycles. The largest absolute Gasteiger partial charge is 0.379 e. The van der Waals surface area contributed by atoms with Crippen molar-refractivity contribution in [3.05, 3.63) is 35.4 Å². The molecule has 2 N–H and O–H groups in total. The van der Waals surface area contributed by atoms with Crippen LogP contribution in [-0.2, 0) is 11.3 Å². The third kappa shape index (κ3) is 8.23. The van der Waals surface area contributed by atoms with E-state index in [1.807, 2.05) is 29.2 Å². The molecule has 8 heteroatoms. The Labute approximate surface area is 204 Å². The molecule has 1 unspecified atom stereocenters. The predicted molar refractivity (Wildman–Crippen MR) is 136 cm³/mol. The minimum Gasteiger partial charge on any atom is -0.379 e. The number of piperidine rings is 1. The number of nitrogens with zero attached hydrogens (tertiary/aromatic N) is 3. The van der Waals surface area contributed by atoms with Crippen molar-refractivity contribution in [3.63, 3.8) is 0 Å². The zero-order valence-corrected chi connectivity index (χ0v) is 21.3. The molecule has 2 aliphatic rings. The van der Waals surface area contributed by atoms with Gasteiger partial charge >= 0.3 is 0 Å². The number of likely N-dealkylation sites (tertiary alicyclic amines) is 1. The molecule has 7 nitrogen and oxygen atoms in total. The summed E-state index contributed by atoms with van der Waals surface area (Å²) in [5, 5.41) is 6.77. The molecule has 1 aromatic rings. The third-order valence-corrected chi connectivity index (χ3v) is 5.84. The van der Waals surface area contributed by atoms with Gasteiger partial charge in [-0.2, -0.15) is 0 Å². The molecule has 31 heavy (non-hydrogen) atoms. The highest BCUT2D eigenvalue weighted by atomic mass is 127. The zero-order chi connectivity index (χ0) is 21.2. The van der Waals surface area contributed by atoms with Crippen LogP contribution in [0.5, 0.6) is 0 Å². The second-order valence-corrected chi connectivity index (χ2v) is 8.12. The lowest BCUT2D eigenvalue weighted by molar-refractivity contribution is 0.0211. The molecule has 0 radical (unpaired) electrons. The molecule has 0 saturated carbocycles. The van der Waals surface area contributed by atoms with E-state index in [4.69, 9.17) is 9.73 Å². The van der Waals surface area contributed by atoms with Crippen LogP contribution in [0.15, 0.2) is 29.3 Å². The number of morpholine rings is 1. The minimum absolute atomic E-state index is 0. The highest BCUT2D eigenvalue weighted by Crippen LogP contribution is 2.14. The molecule has 0 spiro atoms. The number of hydrogen-bond donors (Lipinski definition) is 2. The fourth-order valence-electron chi connectivity index (χ4n) is 3.94. The minimum atomic E-state index is 0. The van der Waals surface area contributed by atoms with Gasteiger partial charge in [0.15, 0.2) is 5.96 Å². The van der Waals surface area contributed by atoms with Crippen LogP contribution >= 0.6 is 24.0 Å². The highest BCUT2D eigenvalue weighted by molar-refractivity contribution is 14.0. The van der Waals surface area contributed by atoms with E-state index in [0.29, 0.717) is 12.6 Å². The van der Waals surface area contributed by atoms with Crippen LogP contribution in [0, 0.1) is 0 Å². The molecule has 0 aliphatic carbocycles. The molecule has 1 amide bonds. The number of nitrogens with one attached hydrogen (secondary N) is 2. The van der Waals surface area contributed by atoms with Crippen LogP contribution in [0.3, 0.4) is 0 Å². The number of ether oxygens (including phenoxy) is 1. The summed E-state index contributed by atoms with van der Waals surface area (Å²) in [5.41, 5.74) is 1.87. The van der Waals surface area contributed by atoms with Crippen molar-refractivity contribution in [1.29, 1.82) is 0 Å². The lowest BCUT2D eigenvalue weighted by Crippen LogP contribution is -2.49. The van der Waals surface area contributed by atoms with E-state index >= 15 is 0 Å². The fourth-order valence-corrected chi connectivity index (χ4v) is 3.94. The van der Waals surface area contributed by atoms with Crippen molar-refractivity contribution in [2.45, 2.75) is 45.7 Å². The Hall–Kier alpha value is -1.39. The molecule has 2 saturated heterocycles. The molecule has 3 rings (SSSR count). The molecule has 1 aromatic carbocycles. The van der Waals surface area contributed by atoms with Crippen LogP contribution in [0.1, 0.15) is 49.0 Å².